The second kappa shape index (κ2) is 9.53. The van der Waals surface area contributed by atoms with Gasteiger partial charge in [0.05, 0.1) is 0 Å². The van der Waals surface area contributed by atoms with E-state index in [0.717, 1.165) is 42.5 Å². The van der Waals surface area contributed by atoms with E-state index in [1.807, 2.05) is 25.1 Å². The number of nitrogens with two attached hydrogens (primary N) is 1. The smallest absolute Gasteiger partial charge is 0.251 e. The van der Waals surface area contributed by atoms with Gasteiger partial charge in [0.2, 0.25) is 0 Å². The second-order valence-electron chi connectivity index (χ2n) is 7.44. The van der Waals surface area contributed by atoms with Crippen LogP contribution in [0, 0.1) is 6.92 Å². The molecule has 0 saturated carbocycles. The molecule has 5 nitrogen and oxygen atoms in total. The van der Waals surface area contributed by atoms with Gasteiger partial charge in [-0.1, -0.05) is 24.3 Å². The number of carbonyl (C=O) groups is 1. The van der Waals surface area contributed by atoms with Crippen LogP contribution in [0.25, 0.3) is 10.9 Å². The van der Waals surface area contributed by atoms with Crippen molar-refractivity contribution < 1.29 is 4.79 Å². The van der Waals surface area contributed by atoms with Gasteiger partial charge in [-0.3, -0.25) is 4.79 Å². The maximum atomic E-state index is 12.4. The number of hydrogen-bond donors (Lipinski definition) is 3. The minimum absolute atomic E-state index is 0.0193. The molecule has 0 spiro atoms. The number of carbonyl (C=O) groups excluding carboxylic acids is 1. The van der Waals surface area contributed by atoms with Gasteiger partial charge in [-0.25, -0.2) is 0 Å². The van der Waals surface area contributed by atoms with Crippen LogP contribution in [0.2, 0.25) is 0 Å². The topological polar surface area (TPSA) is 74.2 Å². The van der Waals surface area contributed by atoms with Crippen LogP contribution < -0.4 is 11.1 Å². The van der Waals surface area contributed by atoms with Crippen LogP contribution in [0.1, 0.15) is 33.6 Å². The van der Waals surface area contributed by atoms with E-state index in [9.17, 15) is 4.79 Å². The highest BCUT2D eigenvalue weighted by Gasteiger charge is 2.08. The fourth-order valence-corrected chi connectivity index (χ4v) is 3.39. The third kappa shape index (κ3) is 5.44. The summed E-state index contributed by atoms with van der Waals surface area (Å²) in [5.74, 6) is -0.0193. The normalized spacial score (nSPS) is 11.3. The molecular formula is C23H30N4O. The summed E-state index contributed by atoms with van der Waals surface area (Å²) in [5, 5.41) is 4.09. The summed E-state index contributed by atoms with van der Waals surface area (Å²) in [4.78, 5) is 17.9. The average Bonchev–Trinajstić information content (AvgIpc) is 3.07. The Bertz CT molecular complexity index is 914. The molecule has 3 aromatic rings. The number of aryl methyl sites for hydroxylation is 2. The first-order valence-electron chi connectivity index (χ1n) is 9.89. The number of amides is 1. The van der Waals surface area contributed by atoms with E-state index in [4.69, 9.17) is 5.73 Å². The molecule has 0 saturated heterocycles. The predicted octanol–water partition coefficient (Wildman–Crippen LogP) is 3.23. The molecule has 0 fully saturated rings. The van der Waals surface area contributed by atoms with Crippen molar-refractivity contribution in [3.8, 4) is 0 Å². The van der Waals surface area contributed by atoms with Crippen molar-refractivity contribution in [2.24, 2.45) is 5.73 Å². The minimum Gasteiger partial charge on any atom is -0.359 e. The number of aromatic amines is 1. The molecule has 28 heavy (non-hydrogen) atoms. The summed E-state index contributed by atoms with van der Waals surface area (Å²) in [5.41, 5.74) is 11.0. The van der Waals surface area contributed by atoms with Crippen molar-refractivity contribution in [1.29, 1.82) is 0 Å². The van der Waals surface area contributed by atoms with Crippen molar-refractivity contribution in [3.05, 3.63) is 70.9 Å². The standard InChI is InChI=1S/C23H30N4O/c1-17-14-21-15-20(9-10-22(21)26-17)23(28)25-11-13-27(2)12-3-4-18-5-7-19(16-24)8-6-18/h5-10,14-15,26H,3-4,11-13,16,24H2,1-2H3,(H,25,28). The van der Waals surface area contributed by atoms with E-state index < -0.39 is 0 Å². The van der Waals surface area contributed by atoms with Gasteiger partial charge >= 0.3 is 0 Å². The molecule has 1 aromatic heterocycles. The highest BCUT2D eigenvalue weighted by molar-refractivity contribution is 5.98. The van der Waals surface area contributed by atoms with Gasteiger partial charge in [0.1, 0.15) is 0 Å². The molecule has 1 heterocycles. The van der Waals surface area contributed by atoms with Gasteiger partial charge in [0.15, 0.2) is 0 Å². The molecule has 0 aliphatic rings. The fourth-order valence-electron chi connectivity index (χ4n) is 3.39. The molecule has 2 aromatic carbocycles. The Morgan fingerprint density at radius 2 is 1.82 bits per heavy atom. The molecule has 0 atom stereocenters. The minimum atomic E-state index is -0.0193. The van der Waals surface area contributed by atoms with E-state index in [1.165, 1.54) is 11.1 Å². The molecule has 148 valence electrons. The number of likely N-dealkylation sites (N-methyl/N-ethyl adjacent to an activating group) is 1. The average molecular weight is 379 g/mol. The molecule has 0 aliphatic carbocycles. The summed E-state index contributed by atoms with van der Waals surface area (Å²) in [7, 11) is 2.10. The highest BCUT2D eigenvalue weighted by Crippen LogP contribution is 2.16. The van der Waals surface area contributed by atoms with Crippen LogP contribution >= 0.6 is 0 Å². The molecule has 0 aliphatic heterocycles. The van der Waals surface area contributed by atoms with Crippen molar-refractivity contribution in [1.82, 2.24) is 15.2 Å². The number of benzene rings is 2. The van der Waals surface area contributed by atoms with Crippen LogP contribution in [0.15, 0.2) is 48.5 Å². The number of fused-ring (bicyclic) bond motifs is 1. The predicted molar refractivity (Wildman–Crippen MR) is 116 cm³/mol. The largest absolute Gasteiger partial charge is 0.359 e. The summed E-state index contributed by atoms with van der Waals surface area (Å²) in [6.45, 7) is 5.09. The van der Waals surface area contributed by atoms with E-state index in [1.54, 1.807) is 0 Å². The lowest BCUT2D eigenvalue weighted by atomic mass is 10.1. The number of nitrogens with zero attached hydrogens (tertiary/aromatic N) is 1. The molecule has 3 rings (SSSR count). The monoisotopic (exact) mass is 378 g/mol. The SMILES string of the molecule is Cc1cc2cc(C(=O)NCCN(C)CCCc3ccc(CN)cc3)ccc2[nH]1. The molecule has 0 unspecified atom stereocenters. The highest BCUT2D eigenvalue weighted by atomic mass is 16.1. The fraction of sp³-hybridized carbons (Fsp3) is 0.348. The summed E-state index contributed by atoms with van der Waals surface area (Å²) >= 11 is 0. The number of aromatic nitrogens is 1. The zero-order valence-corrected chi connectivity index (χ0v) is 16.8. The number of hydrogen-bond acceptors (Lipinski definition) is 3. The molecule has 5 heteroatoms. The van der Waals surface area contributed by atoms with E-state index >= 15 is 0 Å². The van der Waals surface area contributed by atoms with Gasteiger partial charge < -0.3 is 20.9 Å². The van der Waals surface area contributed by atoms with E-state index in [2.05, 4.69) is 52.6 Å². The maximum Gasteiger partial charge on any atom is 0.251 e. The first-order valence-corrected chi connectivity index (χ1v) is 9.89. The van der Waals surface area contributed by atoms with Gasteiger partial charge in [0, 0.05) is 41.8 Å². The molecule has 4 N–H and O–H groups in total. The Hall–Kier alpha value is -2.63. The van der Waals surface area contributed by atoms with Crippen molar-refractivity contribution in [3.63, 3.8) is 0 Å². The van der Waals surface area contributed by atoms with Gasteiger partial charge in [-0.15, -0.1) is 0 Å². The number of rotatable bonds is 9. The number of nitrogens with one attached hydrogen (secondary N) is 2. The van der Waals surface area contributed by atoms with Crippen LogP contribution in [0.5, 0.6) is 0 Å². The Balaban J connectivity index is 1.37. The first-order chi connectivity index (χ1) is 13.5. The zero-order chi connectivity index (χ0) is 19.9. The third-order valence-electron chi connectivity index (χ3n) is 5.06. The lowest BCUT2D eigenvalue weighted by molar-refractivity contribution is 0.0950. The van der Waals surface area contributed by atoms with Gasteiger partial charge in [-0.05, 0) is 68.8 Å². The molecule has 0 radical (unpaired) electrons. The molecular weight excluding hydrogens is 348 g/mol. The Morgan fingerprint density at radius 3 is 2.57 bits per heavy atom. The Labute approximate surface area is 166 Å². The van der Waals surface area contributed by atoms with Crippen LogP contribution in [-0.2, 0) is 13.0 Å². The lowest BCUT2D eigenvalue weighted by Gasteiger charge is -2.17. The summed E-state index contributed by atoms with van der Waals surface area (Å²) in [6, 6.07) is 16.3. The maximum absolute atomic E-state index is 12.4. The van der Waals surface area contributed by atoms with E-state index in [-0.39, 0.29) is 5.91 Å². The van der Waals surface area contributed by atoms with Crippen LogP contribution in [0.4, 0.5) is 0 Å². The summed E-state index contributed by atoms with van der Waals surface area (Å²) < 4.78 is 0. The zero-order valence-electron chi connectivity index (χ0n) is 16.8. The van der Waals surface area contributed by atoms with Crippen molar-refractivity contribution in [2.45, 2.75) is 26.3 Å². The van der Waals surface area contributed by atoms with Crippen molar-refractivity contribution in [2.75, 3.05) is 26.7 Å². The first kappa shape index (κ1) is 20.1. The summed E-state index contributed by atoms with van der Waals surface area (Å²) in [6.07, 6.45) is 2.15. The van der Waals surface area contributed by atoms with Gasteiger partial charge in [0.25, 0.3) is 5.91 Å². The quantitative estimate of drug-likeness (QED) is 0.535. The third-order valence-corrected chi connectivity index (χ3v) is 5.06. The van der Waals surface area contributed by atoms with Crippen LogP contribution in [0.3, 0.4) is 0 Å². The molecule has 0 bridgehead atoms. The Morgan fingerprint density at radius 1 is 1.07 bits per heavy atom. The number of H-pyrrole nitrogens is 1. The lowest BCUT2D eigenvalue weighted by Crippen LogP contribution is -2.33. The van der Waals surface area contributed by atoms with E-state index in [0.29, 0.717) is 18.7 Å². The van der Waals surface area contributed by atoms with Gasteiger partial charge in [-0.2, -0.15) is 0 Å². The Kier molecular flexibility index (Phi) is 6.85. The van der Waals surface area contributed by atoms with Crippen molar-refractivity contribution >= 4 is 16.8 Å². The molecule has 1 amide bonds. The second-order valence-corrected chi connectivity index (χ2v) is 7.44. The van der Waals surface area contributed by atoms with Crippen LogP contribution in [-0.4, -0.2) is 42.5 Å².